The molecule has 1 aliphatic heterocycles. The first-order chi connectivity index (χ1) is 7.22. The van der Waals surface area contributed by atoms with Gasteiger partial charge in [0.1, 0.15) is 0 Å². The molecule has 2 atom stereocenters. The minimum absolute atomic E-state index is 0.755. The first kappa shape index (κ1) is 11.4. The largest absolute Gasteiger partial charge is 0.311 e. The third-order valence-electron chi connectivity index (χ3n) is 3.90. The van der Waals surface area contributed by atoms with Crippen molar-refractivity contribution in [1.82, 2.24) is 10.2 Å². The van der Waals surface area contributed by atoms with Crippen molar-refractivity contribution in [3.05, 3.63) is 0 Å². The van der Waals surface area contributed by atoms with Crippen LogP contribution in [-0.2, 0) is 0 Å². The highest BCUT2D eigenvalue weighted by molar-refractivity contribution is 4.96. The average molecular weight is 210 g/mol. The van der Waals surface area contributed by atoms with Gasteiger partial charge in [-0.3, -0.25) is 4.90 Å². The lowest BCUT2D eigenvalue weighted by Crippen LogP contribution is -2.58. The van der Waals surface area contributed by atoms with E-state index in [0.29, 0.717) is 0 Å². The summed E-state index contributed by atoms with van der Waals surface area (Å²) in [5, 5.41) is 3.72. The molecule has 0 aromatic rings. The van der Waals surface area contributed by atoms with E-state index in [-0.39, 0.29) is 0 Å². The van der Waals surface area contributed by atoms with Crippen molar-refractivity contribution in [2.24, 2.45) is 5.92 Å². The molecule has 0 aromatic heterocycles. The zero-order valence-corrected chi connectivity index (χ0v) is 10.5. The SMILES string of the molecule is CCCC1CN(C2CC2)C(C(C)C)CN1. The Morgan fingerprint density at radius 2 is 2.07 bits per heavy atom. The van der Waals surface area contributed by atoms with E-state index in [0.717, 1.165) is 24.0 Å². The van der Waals surface area contributed by atoms with Gasteiger partial charge in [0.05, 0.1) is 0 Å². The summed E-state index contributed by atoms with van der Waals surface area (Å²) in [5.41, 5.74) is 0. The van der Waals surface area contributed by atoms with E-state index in [2.05, 4.69) is 31.0 Å². The molecule has 88 valence electrons. The Bertz CT molecular complexity index is 199. The van der Waals surface area contributed by atoms with Gasteiger partial charge in [0.2, 0.25) is 0 Å². The summed E-state index contributed by atoms with van der Waals surface area (Å²) in [6, 6.07) is 2.47. The van der Waals surface area contributed by atoms with Crippen LogP contribution in [-0.4, -0.2) is 36.1 Å². The maximum atomic E-state index is 3.72. The molecule has 0 amide bonds. The fourth-order valence-electron chi connectivity index (χ4n) is 2.85. The summed E-state index contributed by atoms with van der Waals surface area (Å²) in [5.74, 6) is 0.792. The second kappa shape index (κ2) is 4.84. The summed E-state index contributed by atoms with van der Waals surface area (Å²) < 4.78 is 0. The van der Waals surface area contributed by atoms with Gasteiger partial charge in [0, 0.05) is 31.2 Å². The van der Waals surface area contributed by atoms with Gasteiger partial charge >= 0.3 is 0 Å². The quantitative estimate of drug-likeness (QED) is 0.765. The van der Waals surface area contributed by atoms with Crippen molar-refractivity contribution in [2.75, 3.05) is 13.1 Å². The van der Waals surface area contributed by atoms with Crippen LogP contribution in [0.2, 0.25) is 0 Å². The zero-order chi connectivity index (χ0) is 10.8. The van der Waals surface area contributed by atoms with Crippen LogP contribution in [0.3, 0.4) is 0 Å². The molecule has 1 saturated carbocycles. The molecule has 2 rings (SSSR count). The standard InChI is InChI=1S/C13H26N2/c1-4-5-11-9-15(12-6-7-12)13(8-14-11)10(2)3/h10-14H,4-9H2,1-3H3. The lowest BCUT2D eigenvalue weighted by molar-refractivity contribution is 0.0879. The Labute approximate surface area is 94.4 Å². The molecule has 0 spiro atoms. The molecular weight excluding hydrogens is 184 g/mol. The number of hydrogen-bond donors (Lipinski definition) is 1. The van der Waals surface area contributed by atoms with Crippen LogP contribution in [0.5, 0.6) is 0 Å². The van der Waals surface area contributed by atoms with Gasteiger partial charge in [-0.2, -0.15) is 0 Å². The van der Waals surface area contributed by atoms with Crippen molar-refractivity contribution in [3.8, 4) is 0 Å². The normalized spacial score (nSPS) is 33.6. The smallest absolute Gasteiger partial charge is 0.0247 e. The highest BCUT2D eigenvalue weighted by Crippen LogP contribution is 2.32. The first-order valence-corrected chi connectivity index (χ1v) is 6.71. The third kappa shape index (κ3) is 2.73. The lowest BCUT2D eigenvalue weighted by atomic mass is 9.97. The lowest BCUT2D eigenvalue weighted by Gasteiger charge is -2.42. The maximum Gasteiger partial charge on any atom is 0.0247 e. The monoisotopic (exact) mass is 210 g/mol. The van der Waals surface area contributed by atoms with Gasteiger partial charge in [0.25, 0.3) is 0 Å². The predicted molar refractivity (Wildman–Crippen MR) is 65.1 cm³/mol. The zero-order valence-electron chi connectivity index (χ0n) is 10.5. The van der Waals surface area contributed by atoms with Gasteiger partial charge in [-0.25, -0.2) is 0 Å². The average Bonchev–Trinajstić information content (AvgIpc) is 3.01. The number of rotatable bonds is 4. The van der Waals surface area contributed by atoms with Gasteiger partial charge < -0.3 is 5.32 Å². The van der Waals surface area contributed by atoms with Crippen LogP contribution in [0, 0.1) is 5.92 Å². The number of hydrogen-bond acceptors (Lipinski definition) is 2. The van der Waals surface area contributed by atoms with Crippen LogP contribution in [0.4, 0.5) is 0 Å². The number of piperazine rings is 1. The molecule has 2 heteroatoms. The van der Waals surface area contributed by atoms with E-state index < -0.39 is 0 Å². The van der Waals surface area contributed by atoms with E-state index in [1.165, 1.54) is 38.8 Å². The molecule has 2 nitrogen and oxygen atoms in total. The van der Waals surface area contributed by atoms with Crippen LogP contribution in [0.25, 0.3) is 0 Å². The molecule has 15 heavy (non-hydrogen) atoms. The fourth-order valence-corrected chi connectivity index (χ4v) is 2.85. The molecule has 0 bridgehead atoms. The third-order valence-corrected chi connectivity index (χ3v) is 3.90. The van der Waals surface area contributed by atoms with Crippen LogP contribution in [0.1, 0.15) is 46.5 Å². The Balaban J connectivity index is 1.92. The van der Waals surface area contributed by atoms with E-state index in [4.69, 9.17) is 0 Å². The van der Waals surface area contributed by atoms with E-state index >= 15 is 0 Å². The highest BCUT2D eigenvalue weighted by atomic mass is 15.3. The molecule has 2 unspecified atom stereocenters. The summed E-state index contributed by atoms with van der Waals surface area (Å²) in [4.78, 5) is 2.79. The molecule has 1 saturated heterocycles. The van der Waals surface area contributed by atoms with Gasteiger partial charge in [0.15, 0.2) is 0 Å². The first-order valence-electron chi connectivity index (χ1n) is 6.71. The number of nitrogens with zero attached hydrogens (tertiary/aromatic N) is 1. The molecule has 0 radical (unpaired) electrons. The molecule has 2 fully saturated rings. The van der Waals surface area contributed by atoms with Crippen molar-refractivity contribution in [1.29, 1.82) is 0 Å². The Morgan fingerprint density at radius 1 is 1.33 bits per heavy atom. The molecule has 1 aliphatic carbocycles. The van der Waals surface area contributed by atoms with Gasteiger partial charge in [-0.1, -0.05) is 27.2 Å². The topological polar surface area (TPSA) is 15.3 Å². The van der Waals surface area contributed by atoms with Gasteiger partial charge in [-0.15, -0.1) is 0 Å². The predicted octanol–water partition coefficient (Wildman–Crippen LogP) is 2.25. The van der Waals surface area contributed by atoms with Crippen LogP contribution >= 0.6 is 0 Å². The van der Waals surface area contributed by atoms with Gasteiger partial charge in [-0.05, 0) is 25.2 Å². The number of nitrogens with one attached hydrogen (secondary N) is 1. The highest BCUT2D eigenvalue weighted by Gasteiger charge is 2.38. The van der Waals surface area contributed by atoms with E-state index in [1.54, 1.807) is 0 Å². The fraction of sp³-hybridized carbons (Fsp3) is 1.00. The molecule has 1 N–H and O–H groups in total. The van der Waals surface area contributed by atoms with Crippen LogP contribution < -0.4 is 5.32 Å². The Kier molecular flexibility index (Phi) is 3.68. The maximum absolute atomic E-state index is 3.72. The molecule has 0 aromatic carbocycles. The second-order valence-corrected chi connectivity index (χ2v) is 5.63. The summed E-state index contributed by atoms with van der Waals surface area (Å²) in [6.45, 7) is 9.52. The summed E-state index contributed by atoms with van der Waals surface area (Å²) in [7, 11) is 0. The Hall–Kier alpha value is -0.0800. The van der Waals surface area contributed by atoms with Crippen molar-refractivity contribution in [2.45, 2.75) is 64.6 Å². The minimum atomic E-state index is 0.755. The molecule has 1 heterocycles. The second-order valence-electron chi connectivity index (χ2n) is 5.63. The Morgan fingerprint density at radius 3 is 2.60 bits per heavy atom. The van der Waals surface area contributed by atoms with Crippen molar-refractivity contribution >= 4 is 0 Å². The van der Waals surface area contributed by atoms with E-state index in [9.17, 15) is 0 Å². The van der Waals surface area contributed by atoms with Crippen molar-refractivity contribution < 1.29 is 0 Å². The molecular formula is C13H26N2. The minimum Gasteiger partial charge on any atom is -0.311 e. The summed E-state index contributed by atoms with van der Waals surface area (Å²) >= 11 is 0. The van der Waals surface area contributed by atoms with Crippen molar-refractivity contribution in [3.63, 3.8) is 0 Å². The summed E-state index contributed by atoms with van der Waals surface area (Å²) in [6.07, 6.45) is 5.54. The van der Waals surface area contributed by atoms with E-state index in [1.807, 2.05) is 0 Å². The molecule has 2 aliphatic rings. The van der Waals surface area contributed by atoms with Crippen LogP contribution in [0.15, 0.2) is 0 Å².